The molecule has 0 radical (unpaired) electrons. The first-order valence-electron chi connectivity index (χ1n) is 5.13. The van der Waals surface area contributed by atoms with Crippen molar-refractivity contribution in [3.63, 3.8) is 0 Å². The van der Waals surface area contributed by atoms with Gasteiger partial charge in [0.2, 0.25) is 0 Å². The Hall–Kier alpha value is -0.980. The zero-order chi connectivity index (χ0) is 11.5. The molecule has 0 heterocycles. The number of hydrogen-bond donors (Lipinski definition) is 0. The SMILES string of the molecule is Cc1cc(Cl)ccc1C(Cl)c1ccccc1. The van der Waals surface area contributed by atoms with Gasteiger partial charge in [-0.05, 0) is 35.7 Å². The molecule has 0 saturated heterocycles. The lowest BCUT2D eigenvalue weighted by Gasteiger charge is -2.13. The van der Waals surface area contributed by atoms with E-state index in [1.54, 1.807) is 0 Å². The maximum Gasteiger partial charge on any atom is 0.0838 e. The summed E-state index contributed by atoms with van der Waals surface area (Å²) in [6.07, 6.45) is 0. The molecular formula is C14H12Cl2. The summed E-state index contributed by atoms with van der Waals surface area (Å²) in [5.41, 5.74) is 3.34. The average molecular weight is 251 g/mol. The molecule has 0 spiro atoms. The van der Waals surface area contributed by atoms with Gasteiger partial charge in [0.05, 0.1) is 5.38 Å². The molecule has 0 aliphatic carbocycles. The molecule has 0 N–H and O–H groups in total. The molecule has 0 aliphatic rings. The number of hydrogen-bond acceptors (Lipinski definition) is 0. The highest BCUT2D eigenvalue weighted by Crippen LogP contribution is 2.31. The van der Waals surface area contributed by atoms with Crippen LogP contribution in [0.4, 0.5) is 0 Å². The van der Waals surface area contributed by atoms with Crippen molar-refractivity contribution in [2.45, 2.75) is 12.3 Å². The first kappa shape index (κ1) is 11.5. The van der Waals surface area contributed by atoms with Gasteiger partial charge in [-0.25, -0.2) is 0 Å². The molecule has 2 heteroatoms. The topological polar surface area (TPSA) is 0 Å². The Kier molecular flexibility index (Phi) is 3.52. The largest absolute Gasteiger partial charge is 0.113 e. The Morgan fingerprint density at radius 3 is 2.31 bits per heavy atom. The summed E-state index contributed by atoms with van der Waals surface area (Å²) >= 11 is 12.4. The third kappa shape index (κ3) is 2.40. The van der Waals surface area contributed by atoms with Crippen LogP contribution in [0.5, 0.6) is 0 Å². The maximum absolute atomic E-state index is 6.45. The predicted molar refractivity (Wildman–Crippen MR) is 70.3 cm³/mol. The number of rotatable bonds is 2. The number of halogens is 2. The van der Waals surface area contributed by atoms with Gasteiger partial charge in [0.15, 0.2) is 0 Å². The molecule has 1 atom stereocenters. The molecule has 0 aliphatic heterocycles. The van der Waals surface area contributed by atoms with Crippen LogP contribution in [0.15, 0.2) is 48.5 Å². The monoisotopic (exact) mass is 250 g/mol. The zero-order valence-corrected chi connectivity index (χ0v) is 10.5. The van der Waals surface area contributed by atoms with Crippen LogP contribution in [0.2, 0.25) is 5.02 Å². The minimum atomic E-state index is -0.113. The normalized spacial score (nSPS) is 12.4. The van der Waals surface area contributed by atoms with E-state index in [-0.39, 0.29) is 5.38 Å². The van der Waals surface area contributed by atoms with Crippen molar-refractivity contribution in [3.8, 4) is 0 Å². The van der Waals surface area contributed by atoms with Crippen molar-refractivity contribution < 1.29 is 0 Å². The lowest BCUT2D eigenvalue weighted by Crippen LogP contribution is -1.95. The summed E-state index contributed by atoms with van der Waals surface area (Å²) in [5, 5.41) is 0.636. The fourth-order valence-electron chi connectivity index (χ4n) is 1.73. The van der Waals surface area contributed by atoms with Gasteiger partial charge in [0, 0.05) is 5.02 Å². The molecule has 0 aromatic heterocycles. The first-order valence-corrected chi connectivity index (χ1v) is 5.95. The van der Waals surface area contributed by atoms with Gasteiger partial charge in [0.1, 0.15) is 0 Å². The van der Waals surface area contributed by atoms with E-state index in [0.717, 1.165) is 21.7 Å². The lowest BCUT2D eigenvalue weighted by molar-refractivity contribution is 1.11. The highest BCUT2D eigenvalue weighted by atomic mass is 35.5. The van der Waals surface area contributed by atoms with E-state index < -0.39 is 0 Å². The van der Waals surface area contributed by atoms with Gasteiger partial charge < -0.3 is 0 Å². The summed E-state index contributed by atoms with van der Waals surface area (Å²) in [6.45, 7) is 2.03. The third-order valence-corrected chi connectivity index (χ3v) is 3.32. The van der Waals surface area contributed by atoms with Gasteiger partial charge in [-0.2, -0.15) is 0 Å². The second-order valence-electron chi connectivity index (χ2n) is 3.77. The first-order chi connectivity index (χ1) is 7.68. The molecule has 0 nitrogen and oxygen atoms in total. The third-order valence-electron chi connectivity index (χ3n) is 2.60. The average Bonchev–Trinajstić information content (AvgIpc) is 2.29. The summed E-state index contributed by atoms with van der Waals surface area (Å²) in [4.78, 5) is 0. The van der Waals surface area contributed by atoms with Gasteiger partial charge >= 0.3 is 0 Å². The molecule has 2 rings (SSSR count). The van der Waals surface area contributed by atoms with Crippen LogP contribution in [-0.2, 0) is 0 Å². The molecule has 0 bridgehead atoms. The van der Waals surface area contributed by atoms with Crippen LogP contribution >= 0.6 is 23.2 Å². The zero-order valence-electron chi connectivity index (χ0n) is 8.95. The van der Waals surface area contributed by atoms with E-state index in [4.69, 9.17) is 23.2 Å². The van der Waals surface area contributed by atoms with Crippen molar-refractivity contribution >= 4 is 23.2 Å². The molecule has 82 valence electrons. The Morgan fingerprint density at radius 2 is 1.69 bits per heavy atom. The van der Waals surface area contributed by atoms with E-state index in [1.165, 1.54) is 0 Å². The summed E-state index contributed by atoms with van der Waals surface area (Å²) in [5.74, 6) is 0. The minimum Gasteiger partial charge on any atom is -0.113 e. The van der Waals surface area contributed by atoms with E-state index in [2.05, 4.69) is 0 Å². The Morgan fingerprint density at radius 1 is 1.00 bits per heavy atom. The van der Waals surface area contributed by atoms with Crippen molar-refractivity contribution in [1.82, 2.24) is 0 Å². The van der Waals surface area contributed by atoms with Crippen LogP contribution in [0, 0.1) is 6.92 Å². The summed E-state index contributed by atoms with van der Waals surface area (Å²) in [7, 11) is 0. The predicted octanol–water partition coefficient (Wildman–Crippen LogP) is 4.98. The van der Waals surface area contributed by atoms with Crippen LogP contribution < -0.4 is 0 Å². The van der Waals surface area contributed by atoms with E-state index in [9.17, 15) is 0 Å². The van der Waals surface area contributed by atoms with Crippen molar-refractivity contribution in [1.29, 1.82) is 0 Å². The van der Waals surface area contributed by atoms with E-state index in [1.807, 2.05) is 55.5 Å². The van der Waals surface area contributed by atoms with Gasteiger partial charge in [-0.1, -0.05) is 48.0 Å². The van der Waals surface area contributed by atoms with Crippen LogP contribution in [-0.4, -0.2) is 0 Å². The summed E-state index contributed by atoms with van der Waals surface area (Å²) < 4.78 is 0. The van der Waals surface area contributed by atoms with Gasteiger partial charge in [-0.15, -0.1) is 11.6 Å². The second kappa shape index (κ2) is 4.90. The fourth-order valence-corrected chi connectivity index (χ4v) is 2.34. The fraction of sp³-hybridized carbons (Fsp3) is 0.143. The molecule has 0 amide bonds. The molecule has 2 aromatic rings. The van der Waals surface area contributed by atoms with Crippen LogP contribution in [0.1, 0.15) is 22.1 Å². The number of benzene rings is 2. The quantitative estimate of drug-likeness (QED) is 0.660. The highest BCUT2D eigenvalue weighted by molar-refractivity contribution is 6.30. The minimum absolute atomic E-state index is 0.113. The highest BCUT2D eigenvalue weighted by Gasteiger charge is 2.12. The summed E-state index contributed by atoms with van der Waals surface area (Å²) in [6, 6.07) is 15.9. The second-order valence-corrected chi connectivity index (χ2v) is 4.65. The molecular weight excluding hydrogens is 239 g/mol. The smallest absolute Gasteiger partial charge is 0.0838 e. The molecule has 0 saturated carbocycles. The lowest BCUT2D eigenvalue weighted by atomic mass is 10.0. The van der Waals surface area contributed by atoms with E-state index >= 15 is 0 Å². The van der Waals surface area contributed by atoms with Crippen LogP contribution in [0.3, 0.4) is 0 Å². The Balaban J connectivity index is 2.38. The number of aryl methyl sites for hydroxylation is 1. The Bertz CT molecular complexity index is 477. The Labute approximate surface area is 106 Å². The standard InChI is InChI=1S/C14H12Cl2/c1-10-9-12(15)7-8-13(10)14(16)11-5-3-2-4-6-11/h2-9,14H,1H3. The van der Waals surface area contributed by atoms with Crippen LogP contribution in [0.25, 0.3) is 0 Å². The van der Waals surface area contributed by atoms with Gasteiger partial charge in [-0.3, -0.25) is 0 Å². The molecule has 1 unspecified atom stereocenters. The molecule has 0 fully saturated rings. The van der Waals surface area contributed by atoms with Crippen molar-refractivity contribution in [2.75, 3.05) is 0 Å². The van der Waals surface area contributed by atoms with Crippen molar-refractivity contribution in [3.05, 3.63) is 70.2 Å². The van der Waals surface area contributed by atoms with Crippen molar-refractivity contribution in [2.24, 2.45) is 0 Å². The number of alkyl halides is 1. The molecule has 2 aromatic carbocycles. The van der Waals surface area contributed by atoms with E-state index in [0.29, 0.717) is 0 Å². The van der Waals surface area contributed by atoms with Gasteiger partial charge in [0.25, 0.3) is 0 Å². The molecule has 16 heavy (non-hydrogen) atoms. The maximum atomic E-state index is 6.45.